The number of hydrogen-bond acceptors (Lipinski definition) is 8. The fourth-order valence-corrected chi connectivity index (χ4v) is 6.09. The molecule has 2 N–H and O–H groups in total. The minimum Gasteiger partial charge on any atom is -0.477 e. The summed E-state index contributed by atoms with van der Waals surface area (Å²) in [6.07, 6.45) is 7.68. The normalized spacial score (nSPS) is 16.5. The highest BCUT2D eigenvalue weighted by atomic mass is 32.1. The third kappa shape index (κ3) is 4.65. The van der Waals surface area contributed by atoms with Crippen LogP contribution < -0.4 is 15.4 Å². The fraction of sp³-hybridized carbons (Fsp3) is 0.423. The summed E-state index contributed by atoms with van der Waals surface area (Å²) >= 11 is 1.45. The molecule has 4 aromatic rings. The lowest BCUT2D eigenvalue weighted by Crippen LogP contribution is -2.54. The van der Waals surface area contributed by atoms with Crippen molar-refractivity contribution in [2.75, 3.05) is 38.1 Å². The number of aromatic nitrogens is 5. The molecule has 0 atom stereocenters. The largest absolute Gasteiger partial charge is 0.477 e. The Labute approximate surface area is 223 Å². The zero-order chi connectivity index (χ0) is 26.4. The number of ether oxygens (including phenoxy) is 1. The number of nitrogens with zero attached hydrogens (tertiary/aromatic N) is 6. The maximum atomic E-state index is 13.3. The van der Waals surface area contributed by atoms with Crippen LogP contribution in [-0.4, -0.2) is 73.9 Å². The zero-order valence-corrected chi connectivity index (χ0v) is 22.5. The molecular weight excluding hydrogens is 504 g/mol. The molecule has 1 saturated heterocycles. The second-order valence-corrected chi connectivity index (χ2v) is 11.7. The third-order valence-corrected chi connectivity index (χ3v) is 8.01. The highest BCUT2D eigenvalue weighted by molar-refractivity contribution is 7.21. The lowest BCUT2D eigenvalue weighted by Gasteiger charge is -2.45. The van der Waals surface area contributed by atoms with Crippen LogP contribution >= 0.6 is 11.3 Å². The van der Waals surface area contributed by atoms with Crippen LogP contribution in [0.4, 0.5) is 5.69 Å². The van der Waals surface area contributed by atoms with Crippen molar-refractivity contribution in [3.63, 3.8) is 0 Å². The molecular formula is C26H30N8O3S. The lowest BCUT2D eigenvalue weighted by molar-refractivity contribution is 0.0323. The lowest BCUT2D eigenvalue weighted by atomic mass is 9.84. The van der Waals surface area contributed by atoms with E-state index in [0.29, 0.717) is 45.9 Å². The Balaban J connectivity index is 1.15. The van der Waals surface area contributed by atoms with Crippen LogP contribution in [0.5, 0.6) is 5.88 Å². The van der Waals surface area contributed by atoms with E-state index in [0.717, 1.165) is 48.9 Å². The summed E-state index contributed by atoms with van der Waals surface area (Å²) in [6, 6.07) is 1.67. The smallest absolute Gasteiger partial charge is 0.260 e. The first-order valence-corrected chi connectivity index (χ1v) is 13.5. The first-order valence-electron chi connectivity index (χ1n) is 12.7. The maximum absolute atomic E-state index is 13.3. The van der Waals surface area contributed by atoms with Gasteiger partial charge in [0, 0.05) is 51.5 Å². The Kier molecular flexibility index (Phi) is 6.15. The van der Waals surface area contributed by atoms with Crippen LogP contribution in [0, 0.1) is 12.3 Å². The minimum absolute atomic E-state index is 0.213. The number of aryl methyl sites for hydroxylation is 2. The molecule has 6 heterocycles. The Morgan fingerprint density at radius 2 is 2.00 bits per heavy atom. The number of carbonyl (C=O) groups is 2. The number of pyridine rings is 1. The number of nitrogens with one attached hydrogen (secondary N) is 2. The topological polar surface area (TPSA) is 119 Å². The summed E-state index contributed by atoms with van der Waals surface area (Å²) in [6.45, 7) is 11.2. The molecule has 12 heteroatoms. The number of rotatable bonds is 7. The molecule has 6 rings (SSSR count). The molecule has 4 aromatic heterocycles. The highest BCUT2D eigenvalue weighted by Gasteiger charge is 2.33. The summed E-state index contributed by atoms with van der Waals surface area (Å²) in [4.78, 5) is 34.3. The standard InChI is InChI=1S/C26H30N8O3S/c1-16-20(9-17(10-28-16)22(35)27-5-7-32-14-26(2,3)15-32)31-23(36)19-12-30-34-13-21(38-25(19)34)18-11-29-33-6-4-8-37-24(18)33/h9-13H,4-8,14-15H2,1-3H3,(H,27,35)(H,31,36). The first kappa shape index (κ1) is 24.6. The van der Waals surface area contributed by atoms with Crippen molar-refractivity contribution in [2.24, 2.45) is 5.41 Å². The van der Waals surface area contributed by atoms with Crippen molar-refractivity contribution in [2.45, 2.75) is 33.7 Å². The summed E-state index contributed by atoms with van der Waals surface area (Å²) in [5, 5.41) is 14.7. The molecule has 11 nitrogen and oxygen atoms in total. The van der Waals surface area contributed by atoms with Gasteiger partial charge in [0.2, 0.25) is 5.88 Å². The van der Waals surface area contributed by atoms with E-state index in [4.69, 9.17) is 4.74 Å². The molecule has 0 saturated carbocycles. The van der Waals surface area contributed by atoms with Crippen molar-refractivity contribution in [3.8, 4) is 16.3 Å². The average molecular weight is 535 g/mol. The summed E-state index contributed by atoms with van der Waals surface area (Å²) in [5.74, 6) is 0.220. The van der Waals surface area contributed by atoms with E-state index >= 15 is 0 Å². The Bertz CT molecular complexity index is 1530. The molecule has 0 bridgehead atoms. The average Bonchev–Trinajstić information content (AvgIpc) is 3.58. The Hall–Kier alpha value is -3.77. The minimum atomic E-state index is -0.315. The van der Waals surface area contributed by atoms with E-state index in [9.17, 15) is 9.59 Å². The fourth-order valence-electron chi connectivity index (χ4n) is 5.03. The van der Waals surface area contributed by atoms with Gasteiger partial charge < -0.3 is 20.3 Å². The molecule has 2 aliphatic rings. The van der Waals surface area contributed by atoms with Crippen molar-refractivity contribution in [3.05, 3.63) is 47.7 Å². The molecule has 0 unspecified atom stereocenters. The molecule has 2 amide bonds. The van der Waals surface area contributed by atoms with Crippen LogP contribution in [0.1, 0.15) is 46.7 Å². The molecule has 0 aliphatic carbocycles. The summed E-state index contributed by atoms with van der Waals surface area (Å²) in [7, 11) is 0. The predicted octanol–water partition coefficient (Wildman–Crippen LogP) is 3.07. The summed E-state index contributed by atoms with van der Waals surface area (Å²) in [5.41, 5.74) is 3.20. The Morgan fingerprint density at radius 1 is 1.16 bits per heavy atom. The number of likely N-dealkylation sites (tertiary alicyclic amines) is 1. The van der Waals surface area contributed by atoms with Crippen molar-refractivity contribution in [1.29, 1.82) is 0 Å². The SMILES string of the molecule is Cc1ncc(C(=O)NCCN2CC(C)(C)C2)cc1NC(=O)c1cnn2cc(-c3cnn4c3OCCC4)sc12. The number of carbonyl (C=O) groups excluding carboxylic acids is 2. The second-order valence-electron chi connectivity index (χ2n) is 10.6. The Morgan fingerprint density at radius 3 is 2.82 bits per heavy atom. The van der Waals surface area contributed by atoms with Gasteiger partial charge in [-0.2, -0.15) is 10.2 Å². The van der Waals surface area contributed by atoms with Gasteiger partial charge in [0.15, 0.2) is 0 Å². The van der Waals surface area contributed by atoms with Gasteiger partial charge >= 0.3 is 0 Å². The number of fused-ring (bicyclic) bond motifs is 2. The van der Waals surface area contributed by atoms with E-state index in [-0.39, 0.29) is 11.8 Å². The van der Waals surface area contributed by atoms with Crippen LogP contribution in [0.25, 0.3) is 15.3 Å². The van der Waals surface area contributed by atoms with Crippen LogP contribution in [0.3, 0.4) is 0 Å². The molecule has 1 fully saturated rings. The van der Waals surface area contributed by atoms with Gasteiger partial charge in [-0.05, 0) is 18.4 Å². The van der Waals surface area contributed by atoms with Gasteiger partial charge in [-0.15, -0.1) is 11.3 Å². The molecule has 2 aliphatic heterocycles. The van der Waals surface area contributed by atoms with E-state index in [1.807, 2.05) is 10.9 Å². The van der Waals surface area contributed by atoms with Gasteiger partial charge in [-0.25, -0.2) is 9.20 Å². The maximum Gasteiger partial charge on any atom is 0.260 e. The third-order valence-electron chi connectivity index (χ3n) is 6.86. The van der Waals surface area contributed by atoms with Crippen LogP contribution in [0.2, 0.25) is 0 Å². The molecule has 0 radical (unpaired) electrons. The summed E-state index contributed by atoms with van der Waals surface area (Å²) < 4.78 is 9.38. The van der Waals surface area contributed by atoms with Gasteiger partial charge in [0.1, 0.15) is 4.83 Å². The molecule has 0 spiro atoms. The molecule has 38 heavy (non-hydrogen) atoms. The first-order chi connectivity index (χ1) is 18.3. The quantitative estimate of drug-likeness (QED) is 0.374. The van der Waals surface area contributed by atoms with E-state index in [1.54, 1.807) is 29.9 Å². The van der Waals surface area contributed by atoms with Gasteiger partial charge in [-0.3, -0.25) is 14.6 Å². The molecule has 0 aromatic carbocycles. The van der Waals surface area contributed by atoms with Crippen molar-refractivity contribution in [1.82, 2.24) is 34.6 Å². The number of hydrogen-bond donors (Lipinski definition) is 2. The highest BCUT2D eigenvalue weighted by Crippen LogP contribution is 2.37. The van der Waals surface area contributed by atoms with Crippen LogP contribution in [-0.2, 0) is 6.54 Å². The predicted molar refractivity (Wildman–Crippen MR) is 144 cm³/mol. The molecule has 198 valence electrons. The van der Waals surface area contributed by atoms with Gasteiger partial charge in [0.05, 0.1) is 51.9 Å². The van der Waals surface area contributed by atoms with E-state index in [2.05, 4.69) is 44.6 Å². The van der Waals surface area contributed by atoms with Crippen molar-refractivity contribution >= 4 is 33.7 Å². The van der Waals surface area contributed by atoms with Crippen LogP contribution in [0.15, 0.2) is 30.9 Å². The zero-order valence-electron chi connectivity index (χ0n) is 21.7. The van der Waals surface area contributed by atoms with Gasteiger partial charge in [-0.1, -0.05) is 13.8 Å². The number of amides is 2. The van der Waals surface area contributed by atoms with E-state index < -0.39 is 0 Å². The number of anilines is 1. The second kappa shape index (κ2) is 9.52. The van der Waals surface area contributed by atoms with E-state index in [1.165, 1.54) is 17.5 Å². The monoisotopic (exact) mass is 534 g/mol. The number of thiazole rings is 1. The van der Waals surface area contributed by atoms with Crippen molar-refractivity contribution < 1.29 is 14.3 Å². The van der Waals surface area contributed by atoms with Gasteiger partial charge in [0.25, 0.3) is 11.8 Å².